The summed E-state index contributed by atoms with van der Waals surface area (Å²) >= 11 is 0. The molecule has 96 valence electrons. The number of aryl methyl sites for hydroxylation is 2. The lowest BCUT2D eigenvalue weighted by atomic mass is 9.79. The molecule has 0 amide bonds. The van der Waals surface area contributed by atoms with Gasteiger partial charge in [-0.3, -0.25) is 4.79 Å². The summed E-state index contributed by atoms with van der Waals surface area (Å²) in [5.41, 5.74) is 3.77. The van der Waals surface area contributed by atoms with Crippen molar-refractivity contribution in [3.05, 3.63) is 34.9 Å². The summed E-state index contributed by atoms with van der Waals surface area (Å²) in [7, 11) is 0. The van der Waals surface area contributed by atoms with Gasteiger partial charge in [0.1, 0.15) is 0 Å². The van der Waals surface area contributed by atoms with Crippen molar-refractivity contribution in [3.8, 4) is 0 Å². The molecule has 0 bridgehead atoms. The van der Waals surface area contributed by atoms with Crippen molar-refractivity contribution in [2.75, 3.05) is 0 Å². The van der Waals surface area contributed by atoms with E-state index in [1.54, 1.807) is 0 Å². The normalized spacial score (nSPS) is 21.6. The van der Waals surface area contributed by atoms with Gasteiger partial charge >= 0.3 is 0 Å². The van der Waals surface area contributed by atoms with Crippen LogP contribution < -0.4 is 0 Å². The van der Waals surface area contributed by atoms with Gasteiger partial charge < -0.3 is 0 Å². The predicted molar refractivity (Wildman–Crippen MR) is 74.0 cm³/mol. The summed E-state index contributed by atoms with van der Waals surface area (Å²) in [4.78, 5) is 12.7. The highest BCUT2D eigenvalue weighted by molar-refractivity contribution is 6.00. The molecule has 0 saturated heterocycles. The highest BCUT2D eigenvalue weighted by Gasteiger charge is 2.36. The highest BCUT2D eigenvalue weighted by atomic mass is 16.1. The largest absolute Gasteiger partial charge is 0.294 e. The van der Waals surface area contributed by atoms with E-state index in [2.05, 4.69) is 25.1 Å². The second-order valence-electron chi connectivity index (χ2n) is 6.29. The molecule has 1 fully saturated rings. The molecule has 3 rings (SSSR count). The van der Waals surface area contributed by atoms with Crippen LogP contribution in [0.1, 0.15) is 66.9 Å². The number of rotatable bonds is 2. The van der Waals surface area contributed by atoms with Crippen LogP contribution in [0.15, 0.2) is 18.2 Å². The van der Waals surface area contributed by atoms with Gasteiger partial charge in [0.25, 0.3) is 0 Å². The first-order valence-corrected chi connectivity index (χ1v) is 7.36. The molecule has 2 aliphatic carbocycles. The maximum Gasteiger partial charge on any atom is 0.168 e. The smallest absolute Gasteiger partial charge is 0.168 e. The van der Waals surface area contributed by atoms with Gasteiger partial charge in [-0.15, -0.1) is 0 Å². The van der Waals surface area contributed by atoms with E-state index >= 15 is 0 Å². The van der Waals surface area contributed by atoms with Crippen LogP contribution in [0, 0.1) is 5.41 Å². The van der Waals surface area contributed by atoms with Gasteiger partial charge in [-0.2, -0.15) is 0 Å². The summed E-state index contributed by atoms with van der Waals surface area (Å²) in [5.74, 6) is 0.383. The van der Waals surface area contributed by atoms with Crippen molar-refractivity contribution >= 4 is 5.78 Å². The molecule has 1 saturated carbocycles. The van der Waals surface area contributed by atoms with Crippen molar-refractivity contribution in [2.45, 2.75) is 58.3 Å². The fraction of sp³-hybridized carbons (Fsp3) is 0.588. The summed E-state index contributed by atoms with van der Waals surface area (Å²) in [6, 6.07) is 6.44. The van der Waals surface area contributed by atoms with E-state index in [1.807, 2.05) is 0 Å². The van der Waals surface area contributed by atoms with Crippen LogP contribution in [-0.4, -0.2) is 5.78 Å². The number of carbonyl (C=O) groups is 1. The molecule has 1 aromatic rings. The Labute approximate surface area is 110 Å². The van der Waals surface area contributed by atoms with E-state index in [0.717, 1.165) is 24.8 Å². The molecule has 0 unspecified atom stereocenters. The maximum absolute atomic E-state index is 12.7. The van der Waals surface area contributed by atoms with Gasteiger partial charge in [-0.05, 0) is 55.7 Å². The Morgan fingerprint density at radius 3 is 2.39 bits per heavy atom. The molecule has 0 atom stereocenters. The lowest BCUT2D eigenvalue weighted by Crippen LogP contribution is -2.24. The Bertz CT molecular complexity index is 466. The molecule has 2 aliphatic rings. The van der Waals surface area contributed by atoms with Crippen molar-refractivity contribution < 1.29 is 4.79 Å². The fourth-order valence-electron chi connectivity index (χ4n) is 3.61. The quantitative estimate of drug-likeness (QED) is 0.705. The van der Waals surface area contributed by atoms with Crippen LogP contribution in [0.2, 0.25) is 0 Å². The predicted octanol–water partition coefficient (Wildman–Crippen LogP) is 4.33. The topological polar surface area (TPSA) is 17.1 Å². The number of Topliss-reactive ketones (excluding diaryl/α,β-unsaturated/α-hetero) is 1. The molecule has 1 heteroatoms. The Kier molecular flexibility index (Phi) is 3.01. The number of benzene rings is 1. The monoisotopic (exact) mass is 242 g/mol. The van der Waals surface area contributed by atoms with Crippen molar-refractivity contribution in [1.82, 2.24) is 0 Å². The maximum atomic E-state index is 12.7. The van der Waals surface area contributed by atoms with Crippen LogP contribution in [-0.2, 0) is 12.8 Å². The lowest BCUT2D eigenvalue weighted by molar-refractivity contribution is 0.0823. The Morgan fingerprint density at radius 1 is 1.00 bits per heavy atom. The van der Waals surface area contributed by atoms with Gasteiger partial charge in [-0.25, -0.2) is 0 Å². The highest BCUT2D eigenvalue weighted by Crippen LogP contribution is 2.40. The Balaban J connectivity index is 1.90. The average Bonchev–Trinajstić information content (AvgIpc) is 2.85. The summed E-state index contributed by atoms with van der Waals surface area (Å²) in [6.45, 7) is 2.15. The number of hydrogen-bond acceptors (Lipinski definition) is 1. The lowest BCUT2D eigenvalue weighted by Gasteiger charge is -2.23. The number of fused-ring (bicyclic) bond motifs is 1. The molecule has 1 aromatic carbocycles. The van der Waals surface area contributed by atoms with Gasteiger partial charge in [0, 0.05) is 11.0 Å². The van der Waals surface area contributed by atoms with Crippen molar-refractivity contribution in [1.29, 1.82) is 0 Å². The van der Waals surface area contributed by atoms with E-state index in [-0.39, 0.29) is 5.41 Å². The number of hydrogen-bond donors (Lipinski definition) is 0. The van der Waals surface area contributed by atoms with E-state index in [4.69, 9.17) is 0 Å². The van der Waals surface area contributed by atoms with Crippen molar-refractivity contribution in [3.63, 3.8) is 0 Å². The van der Waals surface area contributed by atoms with Crippen LogP contribution in [0.4, 0.5) is 0 Å². The van der Waals surface area contributed by atoms with Crippen LogP contribution in [0.3, 0.4) is 0 Å². The molecule has 0 aliphatic heterocycles. The molecule has 0 radical (unpaired) electrons. The first-order valence-electron chi connectivity index (χ1n) is 7.36. The zero-order valence-electron chi connectivity index (χ0n) is 11.3. The van der Waals surface area contributed by atoms with E-state index in [0.29, 0.717) is 5.78 Å². The van der Waals surface area contributed by atoms with Crippen LogP contribution >= 0.6 is 0 Å². The first-order chi connectivity index (χ1) is 8.69. The summed E-state index contributed by atoms with van der Waals surface area (Å²) in [6.07, 6.45) is 9.51. The number of ketones is 1. The van der Waals surface area contributed by atoms with Crippen molar-refractivity contribution in [2.24, 2.45) is 5.41 Å². The number of carbonyl (C=O) groups excluding carboxylic acids is 1. The van der Waals surface area contributed by atoms with Crippen LogP contribution in [0.25, 0.3) is 0 Å². The van der Waals surface area contributed by atoms with Gasteiger partial charge in [-0.1, -0.05) is 31.9 Å². The molecule has 0 spiro atoms. The standard InChI is InChI=1S/C17H22O/c1-17(10-4-5-11-17)16(18)15-9-8-13-6-2-3-7-14(13)12-15/h8-9,12H,2-7,10-11H2,1H3. The average molecular weight is 242 g/mol. The Hall–Kier alpha value is -1.11. The van der Waals surface area contributed by atoms with E-state index < -0.39 is 0 Å². The third-order valence-corrected chi connectivity index (χ3v) is 4.87. The molecule has 1 nitrogen and oxygen atoms in total. The molecule has 18 heavy (non-hydrogen) atoms. The van der Waals surface area contributed by atoms with Gasteiger partial charge in [0.05, 0.1) is 0 Å². The second kappa shape index (κ2) is 4.53. The van der Waals surface area contributed by atoms with E-state index in [9.17, 15) is 4.79 Å². The van der Waals surface area contributed by atoms with Gasteiger partial charge in [0.2, 0.25) is 0 Å². The van der Waals surface area contributed by atoms with E-state index in [1.165, 1.54) is 43.2 Å². The fourth-order valence-corrected chi connectivity index (χ4v) is 3.61. The summed E-state index contributed by atoms with van der Waals surface area (Å²) < 4.78 is 0. The third-order valence-electron chi connectivity index (χ3n) is 4.87. The van der Waals surface area contributed by atoms with Gasteiger partial charge in [0.15, 0.2) is 5.78 Å². The molecule has 0 heterocycles. The molecule has 0 aromatic heterocycles. The molecular weight excluding hydrogens is 220 g/mol. The zero-order chi connectivity index (χ0) is 12.6. The van der Waals surface area contributed by atoms with Crippen LogP contribution in [0.5, 0.6) is 0 Å². The minimum atomic E-state index is -0.0805. The minimum Gasteiger partial charge on any atom is -0.294 e. The minimum absolute atomic E-state index is 0.0805. The second-order valence-corrected chi connectivity index (χ2v) is 6.29. The molecule has 0 N–H and O–H groups in total. The first kappa shape index (κ1) is 12.0. The molecular formula is C17H22O. The SMILES string of the molecule is CC1(C(=O)c2ccc3c(c2)CCCC3)CCCC1. The third kappa shape index (κ3) is 2.00. The Morgan fingerprint density at radius 2 is 1.67 bits per heavy atom. The zero-order valence-corrected chi connectivity index (χ0v) is 11.3. The summed E-state index contributed by atoms with van der Waals surface area (Å²) in [5, 5.41) is 0.